The van der Waals surface area contributed by atoms with E-state index in [1.165, 1.54) is 19.3 Å². The number of hydrogen-bond acceptors (Lipinski definition) is 1. The zero-order chi connectivity index (χ0) is 6.98. The minimum absolute atomic E-state index is 0.0509. The summed E-state index contributed by atoms with van der Waals surface area (Å²) in [6.45, 7) is 0. The van der Waals surface area contributed by atoms with Gasteiger partial charge >= 0.3 is 5.97 Å². The normalized spacial score (nSPS) is 51.4. The first-order chi connectivity index (χ1) is 4.70. The van der Waals surface area contributed by atoms with Crippen LogP contribution in [-0.2, 0) is 4.79 Å². The van der Waals surface area contributed by atoms with Crippen molar-refractivity contribution in [2.45, 2.75) is 25.7 Å². The zero-order valence-electron chi connectivity index (χ0n) is 5.76. The van der Waals surface area contributed by atoms with Gasteiger partial charge in [-0.3, -0.25) is 4.79 Å². The SMILES string of the molecule is O=C(O)[C@H]1C[C@@]12CC21CC1. The Labute approximate surface area is 59.2 Å². The Morgan fingerprint density at radius 3 is 2.50 bits per heavy atom. The van der Waals surface area contributed by atoms with Crippen molar-refractivity contribution in [3.05, 3.63) is 0 Å². The van der Waals surface area contributed by atoms with Gasteiger partial charge in [0.05, 0.1) is 5.92 Å². The van der Waals surface area contributed by atoms with E-state index in [1.807, 2.05) is 0 Å². The third-order valence-corrected chi connectivity index (χ3v) is 3.81. The van der Waals surface area contributed by atoms with E-state index in [-0.39, 0.29) is 5.92 Å². The molecule has 0 saturated heterocycles. The summed E-state index contributed by atoms with van der Waals surface area (Å²) in [5.41, 5.74) is 0.925. The monoisotopic (exact) mass is 138 g/mol. The standard InChI is InChI=1S/C8H10O2/c9-6(10)5-3-8(5)4-7(8)1-2-7/h5H,1-4H2,(H,9,10)/t5-,8-/m1/s1. The number of carbonyl (C=O) groups is 1. The minimum Gasteiger partial charge on any atom is -0.481 e. The minimum atomic E-state index is -0.552. The Hall–Kier alpha value is -0.530. The van der Waals surface area contributed by atoms with Crippen molar-refractivity contribution < 1.29 is 9.90 Å². The highest BCUT2D eigenvalue weighted by molar-refractivity contribution is 5.77. The first-order valence-electron chi connectivity index (χ1n) is 3.93. The molecule has 1 N–H and O–H groups in total. The maximum Gasteiger partial charge on any atom is 0.307 e. The molecule has 0 bridgehead atoms. The first-order valence-corrected chi connectivity index (χ1v) is 3.93. The second-order valence-electron chi connectivity index (χ2n) is 4.21. The number of hydrogen-bond donors (Lipinski definition) is 1. The summed E-state index contributed by atoms with van der Waals surface area (Å²) in [6.07, 6.45) is 4.85. The molecule has 0 amide bonds. The Morgan fingerprint density at radius 2 is 2.20 bits per heavy atom. The van der Waals surface area contributed by atoms with Crippen LogP contribution in [0.15, 0.2) is 0 Å². The van der Waals surface area contributed by atoms with Gasteiger partial charge in [-0.15, -0.1) is 0 Å². The first kappa shape index (κ1) is 5.16. The largest absolute Gasteiger partial charge is 0.481 e. The molecule has 3 fully saturated rings. The maximum absolute atomic E-state index is 10.5. The van der Waals surface area contributed by atoms with E-state index < -0.39 is 5.97 Å². The van der Waals surface area contributed by atoms with Crippen LogP contribution in [0.2, 0.25) is 0 Å². The molecule has 0 aromatic heterocycles. The van der Waals surface area contributed by atoms with Crippen molar-refractivity contribution in [2.24, 2.45) is 16.7 Å². The van der Waals surface area contributed by atoms with Gasteiger partial charge < -0.3 is 5.11 Å². The summed E-state index contributed by atoms with van der Waals surface area (Å²) in [5, 5.41) is 8.69. The number of fused-ring (bicyclic) bond motifs is 1. The van der Waals surface area contributed by atoms with Gasteiger partial charge in [-0.05, 0) is 36.5 Å². The van der Waals surface area contributed by atoms with E-state index >= 15 is 0 Å². The molecule has 0 radical (unpaired) electrons. The summed E-state index contributed by atoms with van der Waals surface area (Å²) in [6, 6.07) is 0. The molecule has 3 aliphatic rings. The summed E-state index contributed by atoms with van der Waals surface area (Å²) < 4.78 is 0. The van der Waals surface area contributed by atoms with Crippen molar-refractivity contribution in [3.8, 4) is 0 Å². The van der Waals surface area contributed by atoms with Crippen LogP contribution in [-0.4, -0.2) is 11.1 Å². The van der Waals surface area contributed by atoms with Crippen LogP contribution in [0.4, 0.5) is 0 Å². The van der Waals surface area contributed by atoms with E-state index in [2.05, 4.69) is 0 Å². The fourth-order valence-electron chi connectivity index (χ4n) is 2.80. The van der Waals surface area contributed by atoms with Gasteiger partial charge in [-0.25, -0.2) is 0 Å². The molecule has 10 heavy (non-hydrogen) atoms. The third kappa shape index (κ3) is 0.337. The molecule has 2 nitrogen and oxygen atoms in total. The number of aliphatic carboxylic acids is 1. The van der Waals surface area contributed by atoms with Gasteiger partial charge in [0.15, 0.2) is 0 Å². The second kappa shape index (κ2) is 1.03. The lowest BCUT2D eigenvalue weighted by molar-refractivity contribution is -0.139. The molecule has 3 rings (SSSR count). The molecule has 54 valence electrons. The van der Waals surface area contributed by atoms with Crippen LogP contribution in [0.1, 0.15) is 25.7 Å². The topological polar surface area (TPSA) is 37.3 Å². The number of carboxylic acid groups (broad SMARTS) is 1. The molecule has 2 spiro atoms. The Morgan fingerprint density at radius 1 is 1.50 bits per heavy atom. The van der Waals surface area contributed by atoms with Crippen LogP contribution in [0.5, 0.6) is 0 Å². The molecule has 0 unspecified atom stereocenters. The average Bonchev–Trinajstić information content (AvgIpc) is 2.66. The van der Waals surface area contributed by atoms with E-state index in [9.17, 15) is 4.79 Å². The quantitative estimate of drug-likeness (QED) is 0.592. The van der Waals surface area contributed by atoms with Gasteiger partial charge in [-0.2, -0.15) is 0 Å². The van der Waals surface area contributed by atoms with Crippen molar-refractivity contribution in [1.82, 2.24) is 0 Å². The Balaban J connectivity index is 1.84. The van der Waals surface area contributed by atoms with Crippen LogP contribution < -0.4 is 0 Å². The number of carboxylic acids is 1. The van der Waals surface area contributed by atoms with Gasteiger partial charge in [0.1, 0.15) is 0 Å². The van der Waals surface area contributed by atoms with Crippen molar-refractivity contribution >= 4 is 5.97 Å². The Bertz CT molecular complexity index is 229. The Kier molecular flexibility index (Phi) is 0.529. The summed E-state index contributed by atoms with van der Waals surface area (Å²) in [7, 11) is 0. The summed E-state index contributed by atoms with van der Waals surface area (Å²) >= 11 is 0. The van der Waals surface area contributed by atoms with Gasteiger partial charge in [0.25, 0.3) is 0 Å². The summed E-state index contributed by atoms with van der Waals surface area (Å²) in [4.78, 5) is 10.5. The lowest BCUT2D eigenvalue weighted by atomic mass is 10.2. The molecule has 0 heterocycles. The second-order valence-corrected chi connectivity index (χ2v) is 4.21. The highest BCUT2D eigenvalue weighted by Gasteiger charge is 2.85. The molecule has 0 aromatic carbocycles. The molecular formula is C8H10O2. The van der Waals surface area contributed by atoms with Crippen LogP contribution >= 0.6 is 0 Å². The van der Waals surface area contributed by atoms with Crippen molar-refractivity contribution in [1.29, 1.82) is 0 Å². The molecule has 3 aliphatic carbocycles. The number of rotatable bonds is 1. The molecule has 0 aromatic rings. The van der Waals surface area contributed by atoms with Crippen LogP contribution in [0.3, 0.4) is 0 Å². The highest BCUT2D eigenvalue weighted by Crippen LogP contribution is 2.91. The van der Waals surface area contributed by atoms with Gasteiger partial charge in [-0.1, -0.05) is 0 Å². The molecule has 2 atom stereocenters. The molecular weight excluding hydrogens is 128 g/mol. The predicted molar refractivity (Wildman–Crippen MR) is 34.5 cm³/mol. The summed E-state index contributed by atoms with van der Waals surface area (Å²) in [5.74, 6) is -0.501. The highest BCUT2D eigenvalue weighted by atomic mass is 16.4. The van der Waals surface area contributed by atoms with Gasteiger partial charge in [0, 0.05) is 0 Å². The fourth-order valence-corrected chi connectivity index (χ4v) is 2.80. The van der Waals surface area contributed by atoms with E-state index in [4.69, 9.17) is 5.11 Å². The molecule has 2 heteroatoms. The smallest absolute Gasteiger partial charge is 0.307 e. The maximum atomic E-state index is 10.5. The fraction of sp³-hybridized carbons (Fsp3) is 0.875. The lowest BCUT2D eigenvalue weighted by Gasteiger charge is -1.86. The predicted octanol–water partition coefficient (Wildman–Crippen LogP) is 1.26. The molecule has 3 saturated carbocycles. The third-order valence-electron chi connectivity index (χ3n) is 3.81. The van der Waals surface area contributed by atoms with Crippen molar-refractivity contribution in [3.63, 3.8) is 0 Å². The van der Waals surface area contributed by atoms with E-state index in [0.717, 1.165) is 6.42 Å². The van der Waals surface area contributed by atoms with Crippen LogP contribution in [0, 0.1) is 16.7 Å². The van der Waals surface area contributed by atoms with Crippen LogP contribution in [0.25, 0.3) is 0 Å². The lowest BCUT2D eigenvalue weighted by Crippen LogP contribution is -2.00. The van der Waals surface area contributed by atoms with E-state index in [0.29, 0.717) is 10.8 Å². The zero-order valence-corrected chi connectivity index (χ0v) is 5.76. The van der Waals surface area contributed by atoms with E-state index in [1.54, 1.807) is 0 Å². The van der Waals surface area contributed by atoms with Gasteiger partial charge in [0.2, 0.25) is 0 Å². The van der Waals surface area contributed by atoms with Crippen molar-refractivity contribution in [2.75, 3.05) is 0 Å². The average molecular weight is 138 g/mol. The molecule has 0 aliphatic heterocycles.